The summed E-state index contributed by atoms with van der Waals surface area (Å²) in [5.74, 6) is 0.394. The molecule has 0 bridgehead atoms. The highest BCUT2D eigenvalue weighted by Crippen LogP contribution is 2.17. The third-order valence-electron chi connectivity index (χ3n) is 2.45. The van der Waals surface area contributed by atoms with Crippen LogP contribution in [0.15, 0.2) is 60.7 Å². The van der Waals surface area contributed by atoms with Crippen LogP contribution in [0.4, 0.5) is 0 Å². The Kier molecular flexibility index (Phi) is 6.91. The first-order valence-electron chi connectivity index (χ1n) is 6.38. The second kappa shape index (κ2) is 8.49. The van der Waals surface area contributed by atoms with Crippen LogP contribution in [0, 0.1) is 5.92 Å². The Balaban J connectivity index is 0.000000224. The predicted molar refractivity (Wildman–Crippen MR) is 82.2 cm³/mol. The van der Waals surface area contributed by atoms with Crippen molar-refractivity contribution < 1.29 is 4.79 Å². The molecule has 0 spiro atoms. The van der Waals surface area contributed by atoms with Crippen LogP contribution >= 0.6 is 11.6 Å². The summed E-state index contributed by atoms with van der Waals surface area (Å²) in [6.07, 6.45) is 0.488. The zero-order chi connectivity index (χ0) is 14.1. The molecule has 0 aliphatic heterocycles. The van der Waals surface area contributed by atoms with Crippen LogP contribution in [0.25, 0.3) is 11.1 Å². The van der Waals surface area contributed by atoms with Crippen LogP contribution in [0.2, 0.25) is 0 Å². The van der Waals surface area contributed by atoms with Crippen LogP contribution in [0.5, 0.6) is 0 Å². The molecule has 0 atom stereocenters. The van der Waals surface area contributed by atoms with E-state index in [2.05, 4.69) is 48.5 Å². The summed E-state index contributed by atoms with van der Waals surface area (Å²) >= 11 is 5.03. The molecule has 0 heterocycles. The van der Waals surface area contributed by atoms with E-state index in [1.807, 2.05) is 26.0 Å². The van der Waals surface area contributed by atoms with Crippen molar-refractivity contribution in [1.82, 2.24) is 0 Å². The van der Waals surface area contributed by atoms with Gasteiger partial charge in [-0.25, -0.2) is 0 Å². The van der Waals surface area contributed by atoms with Crippen molar-refractivity contribution in [2.75, 3.05) is 0 Å². The molecule has 0 radical (unpaired) electrons. The van der Waals surface area contributed by atoms with E-state index in [1.54, 1.807) is 0 Å². The number of rotatable bonds is 3. The average Bonchev–Trinajstić information content (AvgIpc) is 2.40. The normalized spacial score (nSPS) is 9.68. The summed E-state index contributed by atoms with van der Waals surface area (Å²) in [6, 6.07) is 20.8. The summed E-state index contributed by atoms with van der Waals surface area (Å²) in [7, 11) is 0. The molecule has 0 unspecified atom stereocenters. The predicted octanol–water partition coefficient (Wildman–Crippen LogP) is 5.15. The van der Waals surface area contributed by atoms with Gasteiger partial charge in [0.05, 0.1) is 0 Å². The van der Waals surface area contributed by atoms with Crippen LogP contribution in [0.1, 0.15) is 20.3 Å². The minimum Gasteiger partial charge on any atom is -0.281 e. The van der Waals surface area contributed by atoms with Crippen molar-refractivity contribution in [3.05, 3.63) is 60.7 Å². The Morgan fingerprint density at radius 2 is 1.26 bits per heavy atom. The van der Waals surface area contributed by atoms with Gasteiger partial charge in [-0.1, -0.05) is 74.5 Å². The van der Waals surface area contributed by atoms with E-state index in [0.29, 0.717) is 12.3 Å². The van der Waals surface area contributed by atoms with E-state index >= 15 is 0 Å². The van der Waals surface area contributed by atoms with Crippen LogP contribution < -0.4 is 0 Å². The molecule has 0 aliphatic rings. The first-order valence-corrected chi connectivity index (χ1v) is 6.76. The summed E-state index contributed by atoms with van der Waals surface area (Å²) < 4.78 is 0. The van der Waals surface area contributed by atoms with Crippen molar-refractivity contribution in [2.24, 2.45) is 5.92 Å². The van der Waals surface area contributed by atoms with Crippen molar-refractivity contribution >= 4 is 16.8 Å². The SMILES string of the molecule is CC(C)CC(=O)Cl.c1ccc(-c2ccccc2)cc1. The first-order chi connectivity index (χ1) is 9.09. The molecule has 0 aliphatic carbocycles. The molecule has 2 aromatic rings. The van der Waals surface area contributed by atoms with Gasteiger partial charge in [0.2, 0.25) is 5.24 Å². The molecule has 0 aromatic heterocycles. The molecule has 19 heavy (non-hydrogen) atoms. The van der Waals surface area contributed by atoms with Gasteiger partial charge in [0.1, 0.15) is 0 Å². The molecule has 1 nitrogen and oxygen atoms in total. The minimum absolute atomic E-state index is 0.241. The summed E-state index contributed by atoms with van der Waals surface area (Å²) in [6.45, 7) is 3.92. The lowest BCUT2D eigenvalue weighted by Crippen LogP contribution is -1.92. The van der Waals surface area contributed by atoms with Crippen molar-refractivity contribution in [3.63, 3.8) is 0 Å². The lowest BCUT2D eigenvalue weighted by molar-refractivity contribution is -0.112. The van der Waals surface area contributed by atoms with Gasteiger partial charge in [-0.05, 0) is 28.6 Å². The lowest BCUT2D eigenvalue weighted by atomic mass is 10.1. The zero-order valence-electron chi connectivity index (χ0n) is 11.3. The third kappa shape index (κ3) is 6.78. The Hall–Kier alpha value is -1.60. The number of benzene rings is 2. The maximum atomic E-state index is 10.0. The van der Waals surface area contributed by atoms with Gasteiger partial charge >= 0.3 is 0 Å². The van der Waals surface area contributed by atoms with E-state index in [-0.39, 0.29) is 5.24 Å². The van der Waals surface area contributed by atoms with Crippen LogP contribution in [-0.2, 0) is 4.79 Å². The van der Waals surface area contributed by atoms with Gasteiger partial charge in [-0.2, -0.15) is 0 Å². The van der Waals surface area contributed by atoms with E-state index in [4.69, 9.17) is 11.6 Å². The van der Waals surface area contributed by atoms with Crippen LogP contribution in [-0.4, -0.2) is 5.24 Å². The van der Waals surface area contributed by atoms with Gasteiger partial charge in [-0.15, -0.1) is 0 Å². The highest BCUT2D eigenvalue weighted by atomic mass is 35.5. The minimum atomic E-state index is -0.241. The van der Waals surface area contributed by atoms with E-state index in [9.17, 15) is 4.79 Å². The molecular weight excluding hydrogens is 256 g/mol. The van der Waals surface area contributed by atoms with Gasteiger partial charge in [0.25, 0.3) is 0 Å². The maximum Gasteiger partial charge on any atom is 0.221 e. The standard InChI is InChI=1S/C12H10.C5H9ClO/c1-3-7-11(8-4-1)12-9-5-2-6-10-12;1-4(2)3-5(6)7/h1-10H;4H,3H2,1-2H3. The molecule has 0 amide bonds. The van der Waals surface area contributed by atoms with Gasteiger partial charge in [-0.3, -0.25) is 4.79 Å². The fourth-order valence-corrected chi connectivity index (χ4v) is 1.89. The average molecular weight is 275 g/mol. The summed E-state index contributed by atoms with van der Waals surface area (Å²) in [4.78, 5) is 10.0. The summed E-state index contributed by atoms with van der Waals surface area (Å²) in [5, 5.41) is -0.241. The molecular formula is C17H19ClO. The lowest BCUT2D eigenvalue weighted by Gasteiger charge is -1.98. The van der Waals surface area contributed by atoms with Crippen molar-refractivity contribution in [1.29, 1.82) is 0 Å². The van der Waals surface area contributed by atoms with Gasteiger partial charge < -0.3 is 0 Å². The first kappa shape index (κ1) is 15.5. The number of carbonyl (C=O) groups excluding carboxylic acids is 1. The molecule has 0 saturated heterocycles. The van der Waals surface area contributed by atoms with E-state index < -0.39 is 0 Å². The highest BCUT2D eigenvalue weighted by molar-refractivity contribution is 6.63. The summed E-state index contributed by atoms with van der Waals surface area (Å²) in [5.41, 5.74) is 2.55. The Bertz CT molecular complexity index is 440. The highest BCUT2D eigenvalue weighted by Gasteiger charge is 1.97. The van der Waals surface area contributed by atoms with E-state index in [1.165, 1.54) is 11.1 Å². The largest absolute Gasteiger partial charge is 0.281 e. The zero-order valence-corrected chi connectivity index (χ0v) is 12.1. The molecule has 2 rings (SSSR count). The van der Waals surface area contributed by atoms with Crippen molar-refractivity contribution in [2.45, 2.75) is 20.3 Å². The Morgan fingerprint density at radius 1 is 0.895 bits per heavy atom. The Labute approximate surface area is 120 Å². The third-order valence-corrected chi connectivity index (χ3v) is 2.60. The number of hydrogen-bond donors (Lipinski definition) is 0. The number of carbonyl (C=O) groups is 1. The van der Waals surface area contributed by atoms with Crippen LogP contribution in [0.3, 0.4) is 0 Å². The second-order valence-electron chi connectivity index (χ2n) is 4.69. The van der Waals surface area contributed by atoms with Crippen molar-refractivity contribution in [3.8, 4) is 11.1 Å². The maximum absolute atomic E-state index is 10.0. The molecule has 0 fully saturated rings. The molecule has 2 heteroatoms. The smallest absolute Gasteiger partial charge is 0.221 e. The molecule has 0 N–H and O–H groups in total. The fourth-order valence-electron chi connectivity index (χ4n) is 1.58. The topological polar surface area (TPSA) is 17.1 Å². The number of hydrogen-bond acceptors (Lipinski definition) is 1. The number of halogens is 1. The van der Waals surface area contributed by atoms with E-state index in [0.717, 1.165) is 0 Å². The van der Waals surface area contributed by atoms with Gasteiger partial charge in [0, 0.05) is 6.42 Å². The Morgan fingerprint density at radius 3 is 1.47 bits per heavy atom. The second-order valence-corrected chi connectivity index (χ2v) is 5.11. The molecule has 0 saturated carbocycles. The molecule has 2 aromatic carbocycles. The van der Waals surface area contributed by atoms with Gasteiger partial charge in [0.15, 0.2) is 0 Å². The fraction of sp³-hybridized carbons (Fsp3) is 0.235. The molecule has 100 valence electrons. The monoisotopic (exact) mass is 274 g/mol. The quantitative estimate of drug-likeness (QED) is 0.707.